The van der Waals surface area contributed by atoms with Gasteiger partial charge < -0.3 is 10.0 Å². The molecule has 2 aromatic carbocycles. The Labute approximate surface area is 128 Å². The second-order valence-electron chi connectivity index (χ2n) is 4.34. The minimum atomic E-state index is -1.03. The van der Waals surface area contributed by atoms with E-state index in [9.17, 15) is 14.0 Å². The molecule has 0 spiro atoms. The van der Waals surface area contributed by atoms with Gasteiger partial charge in [0, 0.05) is 17.2 Å². The second kappa shape index (κ2) is 6.05. The number of carboxylic acid groups (broad SMARTS) is 1. The average Bonchev–Trinajstić information content (AvgIpc) is 2.46. The van der Waals surface area contributed by atoms with Gasteiger partial charge in [0.15, 0.2) is 0 Å². The highest BCUT2D eigenvalue weighted by Crippen LogP contribution is 2.22. The highest BCUT2D eigenvalue weighted by molar-refractivity contribution is 9.10. The van der Waals surface area contributed by atoms with Crippen molar-refractivity contribution < 1.29 is 19.1 Å². The van der Waals surface area contributed by atoms with E-state index >= 15 is 0 Å². The predicted octanol–water partition coefficient (Wildman–Crippen LogP) is 3.56. The standard InChI is InChI=1S/C15H11BrFNO3/c1-18(11-5-2-9(3-6-11)15(20)21)14(19)12-7-4-10(17)8-13(12)16/h2-8H,1H3,(H,20,21). The number of nitrogens with zero attached hydrogens (tertiary/aromatic N) is 1. The van der Waals surface area contributed by atoms with Crippen LogP contribution in [-0.2, 0) is 0 Å². The van der Waals surface area contributed by atoms with E-state index in [-0.39, 0.29) is 11.5 Å². The summed E-state index contributed by atoms with van der Waals surface area (Å²) < 4.78 is 13.4. The van der Waals surface area contributed by atoms with Crippen LogP contribution in [0.2, 0.25) is 0 Å². The monoisotopic (exact) mass is 351 g/mol. The lowest BCUT2D eigenvalue weighted by molar-refractivity contribution is 0.0696. The quantitative estimate of drug-likeness (QED) is 0.919. The van der Waals surface area contributed by atoms with Crippen molar-refractivity contribution >= 4 is 33.5 Å². The maximum absolute atomic E-state index is 13.0. The molecule has 108 valence electrons. The van der Waals surface area contributed by atoms with E-state index in [1.165, 1.54) is 35.2 Å². The largest absolute Gasteiger partial charge is 0.478 e. The molecule has 6 heteroatoms. The SMILES string of the molecule is CN(C(=O)c1ccc(F)cc1Br)c1ccc(C(=O)O)cc1. The molecule has 0 aliphatic carbocycles. The van der Waals surface area contributed by atoms with Crippen molar-refractivity contribution in [2.45, 2.75) is 0 Å². The predicted molar refractivity (Wildman–Crippen MR) is 80.2 cm³/mol. The van der Waals surface area contributed by atoms with Crippen LogP contribution in [0.4, 0.5) is 10.1 Å². The molecule has 0 radical (unpaired) electrons. The molecule has 2 aromatic rings. The smallest absolute Gasteiger partial charge is 0.335 e. The molecule has 2 rings (SSSR count). The van der Waals surface area contributed by atoms with Gasteiger partial charge in [-0.3, -0.25) is 4.79 Å². The van der Waals surface area contributed by atoms with Crippen LogP contribution in [0, 0.1) is 5.82 Å². The van der Waals surface area contributed by atoms with E-state index in [4.69, 9.17) is 5.11 Å². The fraction of sp³-hybridized carbons (Fsp3) is 0.0667. The summed E-state index contributed by atoms with van der Waals surface area (Å²) in [5.41, 5.74) is 1.00. The van der Waals surface area contributed by atoms with Gasteiger partial charge in [-0.25, -0.2) is 9.18 Å². The van der Waals surface area contributed by atoms with Gasteiger partial charge in [-0.15, -0.1) is 0 Å². The number of rotatable bonds is 3. The van der Waals surface area contributed by atoms with Crippen LogP contribution in [0.5, 0.6) is 0 Å². The van der Waals surface area contributed by atoms with Gasteiger partial charge in [0.05, 0.1) is 11.1 Å². The lowest BCUT2D eigenvalue weighted by Crippen LogP contribution is -2.26. The Morgan fingerprint density at radius 2 is 1.76 bits per heavy atom. The summed E-state index contributed by atoms with van der Waals surface area (Å²) in [5, 5.41) is 8.84. The molecule has 0 unspecified atom stereocenters. The topological polar surface area (TPSA) is 57.6 Å². The third-order valence-electron chi connectivity index (χ3n) is 2.97. The normalized spacial score (nSPS) is 10.2. The van der Waals surface area contributed by atoms with Crippen LogP contribution in [0.15, 0.2) is 46.9 Å². The first-order chi connectivity index (χ1) is 9.90. The van der Waals surface area contributed by atoms with Gasteiger partial charge in [-0.2, -0.15) is 0 Å². The second-order valence-corrected chi connectivity index (χ2v) is 5.19. The van der Waals surface area contributed by atoms with Gasteiger partial charge in [-0.1, -0.05) is 0 Å². The molecule has 0 bridgehead atoms. The van der Waals surface area contributed by atoms with Crippen LogP contribution in [0.1, 0.15) is 20.7 Å². The summed E-state index contributed by atoms with van der Waals surface area (Å²) in [5.74, 6) is -1.80. The van der Waals surface area contributed by atoms with Crippen molar-refractivity contribution in [2.75, 3.05) is 11.9 Å². The van der Waals surface area contributed by atoms with E-state index in [0.717, 1.165) is 0 Å². The number of carboxylic acids is 1. The zero-order valence-corrected chi connectivity index (χ0v) is 12.6. The number of amides is 1. The summed E-state index contributed by atoms with van der Waals surface area (Å²) in [4.78, 5) is 24.5. The molecule has 0 aliphatic rings. The number of halogens is 2. The summed E-state index contributed by atoms with van der Waals surface area (Å²) in [7, 11) is 1.56. The highest BCUT2D eigenvalue weighted by atomic mass is 79.9. The number of carbonyl (C=O) groups is 2. The average molecular weight is 352 g/mol. The molecule has 0 fully saturated rings. The van der Waals surface area contributed by atoms with Crippen molar-refractivity contribution in [3.8, 4) is 0 Å². The fourth-order valence-corrected chi connectivity index (χ4v) is 2.31. The van der Waals surface area contributed by atoms with Gasteiger partial charge >= 0.3 is 5.97 Å². The van der Waals surface area contributed by atoms with Crippen molar-refractivity contribution in [2.24, 2.45) is 0 Å². The molecule has 0 aromatic heterocycles. The number of anilines is 1. The first-order valence-corrected chi connectivity index (χ1v) is 6.76. The van der Waals surface area contributed by atoms with Crippen molar-refractivity contribution in [3.63, 3.8) is 0 Å². The zero-order valence-electron chi connectivity index (χ0n) is 11.0. The van der Waals surface area contributed by atoms with Crippen molar-refractivity contribution in [1.82, 2.24) is 0 Å². The van der Waals surface area contributed by atoms with Gasteiger partial charge in [0.1, 0.15) is 5.82 Å². The minimum Gasteiger partial charge on any atom is -0.478 e. The summed E-state index contributed by atoms with van der Waals surface area (Å²) in [6.07, 6.45) is 0. The van der Waals surface area contributed by atoms with Crippen LogP contribution >= 0.6 is 15.9 Å². The van der Waals surface area contributed by atoms with Crippen LogP contribution in [-0.4, -0.2) is 24.0 Å². The van der Waals surface area contributed by atoms with Crippen LogP contribution in [0.25, 0.3) is 0 Å². The Hall–Kier alpha value is -2.21. The minimum absolute atomic E-state index is 0.141. The Morgan fingerprint density at radius 1 is 1.14 bits per heavy atom. The third kappa shape index (κ3) is 3.28. The fourth-order valence-electron chi connectivity index (χ4n) is 1.79. The number of hydrogen-bond acceptors (Lipinski definition) is 2. The van der Waals surface area contributed by atoms with Crippen LogP contribution < -0.4 is 4.90 Å². The molecule has 1 N–H and O–H groups in total. The molecule has 0 saturated heterocycles. The molecular weight excluding hydrogens is 341 g/mol. The van der Waals surface area contributed by atoms with Gasteiger partial charge in [0.2, 0.25) is 0 Å². The number of carbonyl (C=O) groups excluding carboxylic acids is 1. The Morgan fingerprint density at radius 3 is 2.29 bits per heavy atom. The zero-order chi connectivity index (χ0) is 15.6. The van der Waals surface area contributed by atoms with E-state index < -0.39 is 11.8 Å². The Balaban J connectivity index is 2.28. The van der Waals surface area contributed by atoms with Crippen molar-refractivity contribution in [3.05, 3.63) is 63.9 Å². The number of benzene rings is 2. The van der Waals surface area contributed by atoms with Crippen LogP contribution in [0.3, 0.4) is 0 Å². The molecule has 0 saturated carbocycles. The summed E-state index contributed by atoms with van der Waals surface area (Å²) in [6, 6.07) is 9.73. The Bertz CT molecular complexity index is 701. The molecule has 21 heavy (non-hydrogen) atoms. The first kappa shape index (κ1) is 15.2. The lowest BCUT2D eigenvalue weighted by atomic mass is 10.1. The van der Waals surface area contributed by atoms with E-state index in [2.05, 4.69) is 15.9 Å². The van der Waals surface area contributed by atoms with Gasteiger partial charge in [-0.05, 0) is 58.4 Å². The highest BCUT2D eigenvalue weighted by Gasteiger charge is 2.17. The molecule has 0 aliphatic heterocycles. The van der Waals surface area contributed by atoms with Gasteiger partial charge in [0.25, 0.3) is 5.91 Å². The van der Waals surface area contributed by atoms with E-state index in [1.807, 2.05) is 0 Å². The maximum atomic E-state index is 13.0. The van der Waals surface area contributed by atoms with E-state index in [0.29, 0.717) is 15.7 Å². The molecule has 0 atom stereocenters. The molecular formula is C15H11BrFNO3. The lowest BCUT2D eigenvalue weighted by Gasteiger charge is -2.18. The third-order valence-corrected chi connectivity index (χ3v) is 3.62. The Kier molecular flexibility index (Phi) is 4.37. The molecule has 4 nitrogen and oxygen atoms in total. The maximum Gasteiger partial charge on any atom is 0.335 e. The van der Waals surface area contributed by atoms with Crippen molar-refractivity contribution in [1.29, 1.82) is 0 Å². The molecule has 1 amide bonds. The van der Waals surface area contributed by atoms with E-state index in [1.54, 1.807) is 19.2 Å². The summed E-state index contributed by atoms with van der Waals surface area (Å²) >= 11 is 3.15. The molecule has 0 heterocycles. The number of aromatic carboxylic acids is 1. The number of hydrogen-bond donors (Lipinski definition) is 1. The first-order valence-electron chi connectivity index (χ1n) is 5.96. The summed E-state index contributed by atoms with van der Waals surface area (Å²) in [6.45, 7) is 0.